The highest BCUT2D eigenvalue weighted by atomic mass is 16.5. The predicted octanol–water partition coefficient (Wildman–Crippen LogP) is 1.59. The number of pyridine rings is 1. The van der Waals surface area contributed by atoms with Crippen molar-refractivity contribution in [3.05, 3.63) is 41.4 Å². The van der Waals surface area contributed by atoms with Gasteiger partial charge in [-0.05, 0) is 37.8 Å². The van der Waals surface area contributed by atoms with Gasteiger partial charge in [-0.25, -0.2) is 4.98 Å². The summed E-state index contributed by atoms with van der Waals surface area (Å²) in [6, 6.07) is 6.51. The van der Waals surface area contributed by atoms with Crippen molar-refractivity contribution in [1.82, 2.24) is 19.9 Å². The van der Waals surface area contributed by atoms with Crippen molar-refractivity contribution in [2.45, 2.75) is 31.7 Å². The topological polar surface area (TPSA) is 65.7 Å². The van der Waals surface area contributed by atoms with Crippen LogP contribution in [0.25, 0.3) is 0 Å². The van der Waals surface area contributed by atoms with Gasteiger partial charge >= 0.3 is 0 Å². The zero-order valence-corrected chi connectivity index (χ0v) is 15.5. The molecule has 1 amide bonds. The van der Waals surface area contributed by atoms with Crippen LogP contribution in [0.5, 0.6) is 0 Å². The molecule has 2 aromatic rings. The fourth-order valence-electron chi connectivity index (χ4n) is 4.41. The van der Waals surface area contributed by atoms with E-state index in [-0.39, 0.29) is 5.91 Å². The van der Waals surface area contributed by atoms with Gasteiger partial charge < -0.3 is 14.3 Å². The van der Waals surface area contributed by atoms with Gasteiger partial charge in [-0.2, -0.15) is 0 Å². The Kier molecular flexibility index (Phi) is 4.32. The number of carbonyl (C=O) groups excluding carboxylic acids is 1. The van der Waals surface area contributed by atoms with Crippen molar-refractivity contribution in [2.24, 2.45) is 0 Å². The highest BCUT2D eigenvalue weighted by molar-refractivity contribution is 5.93. The molecule has 0 saturated carbocycles. The van der Waals surface area contributed by atoms with E-state index in [0.717, 1.165) is 82.0 Å². The molecule has 0 N–H and O–H groups in total. The summed E-state index contributed by atoms with van der Waals surface area (Å²) in [6.45, 7) is 5.58. The maximum Gasteiger partial charge on any atom is 0.292 e. The van der Waals surface area contributed by atoms with Gasteiger partial charge in [0, 0.05) is 57.1 Å². The van der Waals surface area contributed by atoms with E-state index < -0.39 is 0 Å². The van der Waals surface area contributed by atoms with Gasteiger partial charge in [0.05, 0.1) is 5.69 Å². The molecule has 0 bridgehead atoms. The van der Waals surface area contributed by atoms with Gasteiger partial charge in [0.15, 0.2) is 0 Å². The molecule has 2 fully saturated rings. The maximum atomic E-state index is 12.8. The van der Waals surface area contributed by atoms with E-state index in [0.29, 0.717) is 11.8 Å². The lowest BCUT2D eigenvalue weighted by atomic mass is 9.95. The van der Waals surface area contributed by atoms with Gasteiger partial charge in [0.2, 0.25) is 5.76 Å². The second-order valence-electron chi connectivity index (χ2n) is 7.72. The third-order valence-electron chi connectivity index (χ3n) is 6.11. The average Bonchev–Trinajstić information content (AvgIpc) is 3.12. The maximum absolute atomic E-state index is 12.8. The number of nitrogens with zero attached hydrogens (tertiary/aromatic N) is 5. The Morgan fingerprint density at radius 2 is 1.89 bits per heavy atom. The number of aryl methyl sites for hydroxylation is 1. The molecule has 2 saturated heterocycles. The summed E-state index contributed by atoms with van der Waals surface area (Å²) in [5, 5.41) is 4.12. The van der Waals surface area contributed by atoms with Crippen molar-refractivity contribution >= 4 is 11.7 Å². The molecule has 4 heterocycles. The fourth-order valence-corrected chi connectivity index (χ4v) is 4.41. The summed E-state index contributed by atoms with van der Waals surface area (Å²) in [5.74, 6) is 1.56. The van der Waals surface area contributed by atoms with Crippen LogP contribution < -0.4 is 4.90 Å². The molecule has 142 valence electrons. The van der Waals surface area contributed by atoms with Crippen LogP contribution in [0.15, 0.2) is 28.9 Å². The molecule has 0 spiro atoms. The molecule has 3 aliphatic rings. The van der Waals surface area contributed by atoms with E-state index in [1.54, 1.807) is 0 Å². The molecule has 0 radical (unpaired) electrons. The normalized spacial score (nSPS) is 21.0. The molecule has 7 nitrogen and oxygen atoms in total. The largest absolute Gasteiger partial charge is 0.354 e. The number of carbonyl (C=O) groups is 1. The second-order valence-corrected chi connectivity index (χ2v) is 7.72. The van der Waals surface area contributed by atoms with E-state index in [2.05, 4.69) is 26.0 Å². The van der Waals surface area contributed by atoms with Crippen LogP contribution in [0.2, 0.25) is 0 Å². The Hall–Kier alpha value is -2.41. The van der Waals surface area contributed by atoms with Crippen molar-refractivity contribution < 1.29 is 9.32 Å². The number of likely N-dealkylation sites (tertiary alicyclic amines) is 1. The van der Waals surface area contributed by atoms with Crippen LogP contribution in [-0.2, 0) is 12.8 Å². The van der Waals surface area contributed by atoms with Gasteiger partial charge in [-0.15, -0.1) is 0 Å². The third kappa shape index (κ3) is 3.10. The first kappa shape index (κ1) is 16.7. The lowest BCUT2D eigenvalue weighted by molar-refractivity contribution is 0.0215. The number of piperazine rings is 1. The minimum Gasteiger partial charge on any atom is -0.354 e. The monoisotopic (exact) mass is 367 g/mol. The molecule has 7 heteroatoms. The Morgan fingerprint density at radius 3 is 2.67 bits per heavy atom. The Balaban J connectivity index is 1.15. The SMILES string of the molecule is O=C(c1onc2c1CCCC2)N1CC(N2CCN(c3ccccn3)CC2)C1. The molecular weight excluding hydrogens is 342 g/mol. The molecular formula is C20H25N5O2. The minimum atomic E-state index is 0.0222. The van der Waals surface area contributed by atoms with Crippen molar-refractivity contribution in [3.63, 3.8) is 0 Å². The molecule has 0 unspecified atom stereocenters. The molecule has 2 aliphatic heterocycles. The summed E-state index contributed by atoms with van der Waals surface area (Å²) in [7, 11) is 0. The highest BCUT2D eigenvalue weighted by Gasteiger charge is 2.39. The van der Waals surface area contributed by atoms with Crippen LogP contribution in [0.4, 0.5) is 5.82 Å². The molecule has 2 aromatic heterocycles. The summed E-state index contributed by atoms with van der Waals surface area (Å²) in [4.78, 5) is 24.0. The van der Waals surface area contributed by atoms with Crippen LogP contribution in [0.3, 0.4) is 0 Å². The second kappa shape index (κ2) is 6.96. The van der Waals surface area contributed by atoms with E-state index >= 15 is 0 Å². The number of hydrogen-bond donors (Lipinski definition) is 0. The number of anilines is 1. The first-order valence-corrected chi connectivity index (χ1v) is 9.96. The fraction of sp³-hybridized carbons (Fsp3) is 0.550. The Labute approximate surface area is 158 Å². The number of fused-ring (bicyclic) bond motifs is 1. The van der Waals surface area contributed by atoms with Crippen LogP contribution in [0, 0.1) is 0 Å². The zero-order chi connectivity index (χ0) is 18.2. The Bertz CT molecular complexity index is 807. The number of aromatic nitrogens is 2. The number of hydrogen-bond acceptors (Lipinski definition) is 6. The van der Waals surface area contributed by atoms with Gasteiger partial charge in [-0.3, -0.25) is 9.69 Å². The highest BCUT2D eigenvalue weighted by Crippen LogP contribution is 2.27. The molecule has 0 atom stereocenters. The first-order chi connectivity index (χ1) is 13.3. The van der Waals surface area contributed by atoms with Gasteiger partial charge in [0.1, 0.15) is 5.82 Å². The van der Waals surface area contributed by atoms with Crippen molar-refractivity contribution in [1.29, 1.82) is 0 Å². The lowest BCUT2D eigenvalue weighted by Crippen LogP contribution is -2.64. The third-order valence-corrected chi connectivity index (χ3v) is 6.11. The molecule has 1 aliphatic carbocycles. The standard InChI is InChI=1S/C20H25N5O2/c26-20(19-16-5-1-2-6-17(16)22-27-19)25-13-15(14-25)23-9-11-24(12-10-23)18-7-3-4-8-21-18/h3-4,7-8,15H,1-2,5-6,9-14H2. The summed E-state index contributed by atoms with van der Waals surface area (Å²) >= 11 is 0. The van der Waals surface area contributed by atoms with E-state index in [1.165, 1.54) is 0 Å². The number of rotatable bonds is 3. The van der Waals surface area contributed by atoms with E-state index in [4.69, 9.17) is 4.52 Å². The predicted molar refractivity (Wildman–Crippen MR) is 101 cm³/mol. The summed E-state index contributed by atoms with van der Waals surface area (Å²) in [5.41, 5.74) is 2.05. The van der Waals surface area contributed by atoms with Crippen LogP contribution in [0.1, 0.15) is 34.7 Å². The molecule has 5 rings (SSSR count). The first-order valence-electron chi connectivity index (χ1n) is 9.96. The zero-order valence-electron chi connectivity index (χ0n) is 15.5. The summed E-state index contributed by atoms with van der Waals surface area (Å²) < 4.78 is 5.41. The molecule has 27 heavy (non-hydrogen) atoms. The van der Waals surface area contributed by atoms with Crippen molar-refractivity contribution in [3.8, 4) is 0 Å². The van der Waals surface area contributed by atoms with Crippen LogP contribution >= 0.6 is 0 Å². The molecule has 0 aromatic carbocycles. The lowest BCUT2D eigenvalue weighted by Gasteiger charge is -2.48. The van der Waals surface area contributed by atoms with Gasteiger partial charge in [-0.1, -0.05) is 11.2 Å². The smallest absolute Gasteiger partial charge is 0.292 e. The average molecular weight is 367 g/mol. The Morgan fingerprint density at radius 1 is 1.07 bits per heavy atom. The summed E-state index contributed by atoms with van der Waals surface area (Å²) in [6.07, 6.45) is 5.97. The number of amides is 1. The van der Waals surface area contributed by atoms with E-state index in [1.807, 2.05) is 23.2 Å². The van der Waals surface area contributed by atoms with Gasteiger partial charge in [0.25, 0.3) is 5.91 Å². The van der Waals surface area contributed by atoms with Crippen LogP contribution in [-0.4, -0.2) is 71.2 Å². The quantitative estimate of drug-likeness (QED) is 0.821. The van der Waals surface area contributed by atoms with E-state index in [9.17, 15) is 4.79 Å². The van der Waals surface area contributed by atoms with Crippen molar-refractivity contribution in [2.75, 3.05) is 44.2 Å². The minimum absolute atomic E-state index is 0.0222.